The van der Waals surface area contributed by atoms with Crippen molar-refractivity contribution in [3.63, 3.8) is 0 Å². The first-order chi connectivity index (χ1) is 10.1. The fourth-order valence-electron chi connectivity index (χ4n) is 2.71. The number of halogens is 1. The summed E-state index contributed by atoms with van der Waals surface area (Å²) in [6.45, 7) is 6.48. The van der Waals surface area contributed by atoms with Crippen molar-refractivity contribution >= 4 is 17.2 Å². The lowest BCUT2D eigenvalue weighted by Crippen LogP contribution is -1.95. The van der Waals surface area contributed by atoms with Crippen molar-refractivity contribution in [2.75, 3.05) is 0 Å². The smallest absolute Gasteiger partial charge is 0.137 e. The molecule has 0 saturated carbocycles. The van der Waals surface area contributed by atoms with E-state index in [0.717, 1.165) is 28.3 Å². The minimum atomic E-state index is 0.452. The number of rotatable bonds is 3. The molecule has 0 radical (unpaired) electrons. The SMILES string of the molecule is Cc1cccc2nc(-c3ccc(C(C)C)cc3)c(CCl)n12. The summed E-state index contributed by atoms with van der Waals surface area (Å²) in [5, 5.41) is 0. The molecule has 1 aromatic carbocycles. The zero-order valence-corrected chi connectivity index (χ0v) is 13.4. The molecule has 0 amide bonds. The van der Waals surface area contributed by atoms with E-state index in [1.807, 2.05) is 12.1 Å². The maximum atomic E-state index is 6.20. The minimum Gasteiger partial charge on any atom is -0.299 e. The van der Waals surface area contributed by atoms with Gasteiger partial charge in [0.05, 0.1) is 17.3 Å². The van der Waals surface area contributed by atoms with Gasteiger partial charge in [-0.3, -0.25) is 4.40 Å². The molecule has 0 saturated heterocycles. The highest BCUT2D eigenvalue weighted by Crippen LogP contribution is 2.28. The number of hydrogen-bond donors (Lipinski definition) is 0. The summed E-state index contributed by atoms with van der Waals surface area (Å²) in [7, 11) is 0. The molecule has 21 heavy (non-hydrogen) atoms. The molecule has 2 aromatic heterocycles. The van der Waals surface area contributed by atoms with E-state index in [9.17, 15) is 0 Å². The molecular weight excluding hydrogens is 280 g/mol. The largest absolute Gasteiger partial charge is 0.299 e. The van der Waals surface area contributed by atoms with Gasteiger partial charge in [0.15, 0.2) is 0 Å². The van der Waals surface area contributed by atoms with Crippen LogP contribution < -0.4 is 0 Å². The summed E-state index contributed by atoms with van der Waals surface area (Å²) in [5.41, 5.74) is 6.61. The molecule has 0 fully saturated rings. The highest BCUT2D eigenvalue weighted by molar-refractivity contribution is 6.17. The summed E-state index contributed by atoms with van der Waals surface area (Å²) in [6.07, 6.45) is 0. The highest BCUT2D eigenvalue weighted by atomic mass is 35.5. The van der Waals surface area contributed by atoms with Gasteiger partial charge in [0.2, 0.25) is 0 Å². The second-order valence-corrected chi connectivity index (χ2v) is 5.95. The monoisotopic (exact) mass is 298 g/mol. The van der Waals surface area contributed by atoms with Crippen molar-refractivity contribution in [2.24, 2.45) is 0 Å². The van der Waals surface area contributed by atoms with Crippen LogP contribution in [0.25, 0.3) is 16.9 Å². The van der Waals surface area contributed by atoms with E-state index in [1.165, 1.54) is 5.56 Å². The Morgan fingerprint density at radius 2 is 1.81 bits per heavy atom. The van der Waals surface area contributed by atoms with Crippen molar-refractivity contribution in [3.05, 3.63) is 59.4 Å². The quantitative estimate of drug-likeness (QED) is 0.610. The van der Waals surface area contributed by atoms with Gasteiger partial charge in [0.25, 0.3) is 0 Å². The predicted octanol–water partition coefficient (Wildman–Crippen LogP) is 5.17. The summed E-state index contributed by atoms with van der Waals surface area (Å²) in [6, 6.07) is 14.8. The Bertz CT molecular complexity index is 770. The van der Waals surface area contributed by atoms with Crippen LogP contribution in [-0.2, 0) is 5.88 Å². The van der Waals surface area contributed by atoms with Crippen molar-refractivity contribution in [3.8, 4) is 11.3 Å². The molecular formula is C18H19ClN2. The van der Waals surface area contributed by atoms with Gasteiger partial charge in [-0.05, 0) is 30.5 Å². The van der Waals surface area contributed by atoms with Crippen LogP contribution in [0.5, 0.6) is 0 Å². The van der Waals surface area contributed by atoms with E-state index in [1.54, 1.807) is 0 Å². The first-order valence-corrected chi connectivity index (χ1v) is 7.78. The number of pyridine rings is 1. The van der Waals surface area contributed by atoms with Gasteiger partial charge in [-0.15, -0.1) is 11.6 Å². The lowest BCUT2D eigenvalue weighted by Gasteiger charge is -2.07. The molecule has 0 N–H and O–H groups in total. The van der Waals surface area contributed by atoms with E-state index in [0.29, 0.717) is 11.8 Å². The van der Waals surface area contributed by atoms with Gasteiger partial charge < -0.3 is 0 Å². The summed E-state index contributed by atoms with van der Waals surface area (Å²) >= 11 is 6.20. The molecule has 0 atom stereocenters. The van der Waals surface area contributed by atoms with E-state index in [-0.39, 0.29) is 0 Å². The van der Waals surface area contributed by atoms with Crippen LogP contribution in [0.4, 0.5) is 0 Å². The van der Waals surface area contributed by atoms with Crippen LogP contribution in [0.2, 0.25) is 0 Å². The third kappa shape index (κ3) is 2.44. The molecule has 0 bridgehead atoms. The Kier molecular flexibility index (Phi) is 3.73. The first kappa shape index (κ1) is 14.2. The highest BCUT2D eigenvalue weighted by Gasteiger charge is 2.14. The molecule has 0 aliphatic rings. The molecule has 2 nitrogen and oxygen atoms in total. The topological polar surface area (TPSA) is 17.3 Å². The third-order valence-corrected chi connectivity index (χ3v) is 4.16. The lowest BCUT2D eigenvalue weighted by atomic mass is 10.0. The van der Waals surface area contributed by atoms with Gasteiger partial charge in [0, 0.05) is 11.3 Å². The number of fused-ring (bicyclic) bond motifs is 1. The fraction of sp³-hybridized carbons (Fsp3) is 0.278. The van der Waals surface area contributed by atoms with E-state index >= 15 is 0 Å². The number of nitrogens with zero attached hydrogens (tertiary/aromatic N) is 2. The maximum absolute atomic E-state index is 6.20. The van der Waals surface area contributed by atoms with Gasteiger partial charge in [-0.2, -0.15) is 0 Å². The predicted molar refractivity (Wildman–Crippen MR) is 89.0 cm³/mol. The Hall–Kier alpha value is -1.80. The first-order valence-electron chi connectivity index (χ1n) is 7.25. The molecule has 108 valence electrons. The molecule has 0 aliphatic heterocycles. The van der Waals surface area contributed by atoms with Crippen molar-refractivity contribution in [2.45, 2.75) is 32.6 Å². The molecule has 3 aromatic rings. The van der Waals surface area contributed by atoms with Gasteiger partial charge in [-0.1, -0.05) is 44.2 Å². The fourth-order valence-corrected chi connectivity index (χ4v) is 2.95. The molecule has 3 rings (SSSR count). The zero-order valence-electron chi connectivity index (χ0n) is 12.6. The third-order valence-electron chi connectivity index (χ3n) is 3.91. The standard InChI is InChI=1S/C18H19ClN2/c1-12(2)14-7-9-15(10-8-14)18-16(11-19)21-13(3)5-4-6-17(21)20-18/h4-10,12H,11H2,1-3H3. The molecule has 0 aliphatic carbocycles. The number of imidazole rings is 1. The van der Waals surface area contributed by atoms with Gasteiger partial charge in [0.1, 0.15) is 5.65 Å². The number of benzene rings is 1. The van der Waals surface area contributed by atoms with Crippen molar-refractivity contribution < 1.29 is 0 Å². The van der Waals surface area contributed by atoms with Crippen LogP contribution in [0, 0.1) is 6.92 Å². The Balaban J connectivity index is 2.18. The normalized spacial score (nSPS) is 11.5. The number of hydrogen-bond acceptors (Lipinski definition) is 1. The number of aromatic nitrogens is 2. The average Bonchev–Trinajstić information content (AvgIpc) is 2.87. The summed E-state index contributed by atoms with van der Waals surface area (Å²) in [4.78, 5) is 4.77. The van der Waals surface area contributed by atoms with Crippen molar-refractivity contribution in [1.29, 1.82) is 0 Å². The van der Waals surface area contributed by atoms with Gasteiger partial charge >= 0.3 is 0 Å². The molecule has 0 spiro atoms. The van der Waals surface area contributed by atoms with Crippen molar-refractivity contribution in [1.82, 2.24) is 9.38 Å². The Morgan fingerprint density at radius 3 is 2.43 bits per heavy atom. The van der Waals surface area contributed by atoms with Crippen LogP contribution in [0.3, 0.4) is 0 Å². The Morgan fingerprint density at radius 1 is 1.10 bits per heavy atom. The maximum Gasteiger partial charge on any atom is 0.137 e. The van der Waals surface area contributed by atoms with Gasteiger partial charge in [-0.25, -0.2) is 4.98 Å². The van der Waals surface area contributed by atoms with Crippen LogP contribution in [-0.4, -0.2) is 9.38 Å². The number of alkyl halides is 1. The second kappa shape index (κ2) is 5.53. The van der Waals surface area contributed by atoms with Crippen LogP contribution in [0.1, 0.15) is 36.7 Å². The van der Waals surface area contributed by atoms with E-state index in [2.05, 4.69) is 55.5 Å². The second-order valence-electron chi connectivity index (χ2n) is 5.68. The lowest BCUT2D eigenvalue weighted by molar-refractivity contribution is 0.867. The average molecular weight is 299 g/mol. The number of aryl methyl sites for hydroxylation is 1. The molecule has 2 heterocycles. The molecule has 3 heteroatoms. The molecule has 0 unspecified atom stereocenters. The van der Waals surface area contributed by atoms with Crippen LogP contribution in [0.15, 0.2) is 42.5 Å². The Labute approximate surface area is 130 Å². The summed E-state index contributed by atoms with van der Waals surface area (Å²) < 4.78 is 2.14. The van der Waals surface area contributed by atoms with E-state index in [4.69, 9.17) is 16.6 Å². The summed E-state index contributed by atoms with van der Waals surface area (Å²) in [5.74, 6) is 0.989. The van der Waals surface area contributed by atoms with Crippen LogP contribution >= 0.6 is 11.6 Å². The van der Waals surface area contributed by atoms with E-state index < -0.39 is 0 Å². The zero-order chi connectivity index (χ0) is 15.0. The minimum absolute atomic E-state index is 0.452.